The lowest BCUT2D eigenvalue weighted by molar-refractivity contribution is 0.0697. The van der Waals surface area contributed by atoms with Crippen LogP contribution in [0.4, 0.5) is 11.5 Å². The van der Waals surface area contributed by atoms with Gasteiger partial charge in [0, 0.05) is 6.54 Å². The second-order valence-electron chi connectivity index (χ2n) is 4.29. The van der Waals surface area contributed by atoms with Gasteiger partial charge in [0.15, 0.2) is 0 Å². The molecule has 0 saturated heterocycles. The van der Waals surface area contributed by atoms with Crippen LogP contribution < -0.4 is 11.1 Å². The first-order valence-electron chi connectivity index (χ1n) is 5.84. The number of aryl methyl sites for hydroxylation is 1. The number of rotatable bonds is 4. The number of aromatic carboxylic acids is 1. The molecule has 4 N–H and O–H groups in total. The van der Waals surface area contributed by atoms with Crippen molar-refractivity contribution in [3.63, 3.8) is 0 Å². The van der Waals surface area contributed by atoms with Crippen molar-refractivity contribution in [3.8, 4) is 0 Å². The number of pyridine rings is 1. The number of nitrogen functional groups attached to an aromatic ring is 1. The number of hydrogen-bond acceptors (Lipinski definition) is 4. The van der Waals surface area contributed by atoms with Crippen molar-refractivity contribution in [2.75, 3.05) is 11.1 Å². The minimum Gasteiger partial charge on any atom is -0.478 e. The molecule has 0 saturated carbocycles. The lowest BCUT2D eigenvalue weighted by Crippen LogP contribution is -2.04. The van der Waals surface area contributed by atoms with Crippen molar-refractivity contribution in [1.29, 1.82) is 0 Å². The molecule has 19 heavy (non-hydrogen) atoms. The van der Waals surface area contributed by atoms with Crippen LogP contribution in [-0.4, -0.2) is 16.1 Å². The van der Waals surface area contributed by atoms with Gasteiger partial charge in [-0.1, -0.05) is 12.1 Å². The molecule has 0 bridgehead atoms. The van der Waals surface area contributed by atoms with Crippen LogP contribution in [0.2, 0.25) is 0 Å². The summed E-state index contributed by atoms with van der Waals surface area (Å²) in [5, 5.41) is 12.0. The minimum atomic E-state index is -0.921. The van der Waals surface area contributed by atoms with E-state index in [-0.39, 0.29) is 5.56 Å². The molecule has 0 fully saturated rings. The van der Waals surface area contributed by atoms with E-state index in [2.05, 4.69) is 10.3 Å². The standard InChI is InChI=1S/C14H15N3O2/c1-9-6-12(15)8-17-13(9)16-7-10-2-4-11(5-3-10)14(18)19/h2-6,8H,7,15H2,1H3,(H,16,17)(H,18,19). The molecule has 0 aliphatic heterocycles. The van der Waals surface area contributed by atoms with Crippen LogP contribution in [0.3, 0.4) is 0 Å². The van der Waals surface area contributed by atoms with Gasteiger partial charge < -0.3 is 16.2 Å². The topological polar surface area (TPSA) is 88.2 Å². The first-order chi connectivity index (χ1) is 9.06. The number of nitrogens with one attached hydrogen (secondary N) is 1. The smallest absolute Gasteiger partial charge is 0.335 e. The number of benzene rings is 1. The van der Waals surface area contributed by atoms with E-state index in [0.717, 1.165) is 16.9 Å². The maximum Gasteiger partial charge on any atom is 0.335 e. The monoisotopic (exact) mass is 257 g/mol. The van der Waals surface area contributed by atoms with Crippen LogP contribution in [0.15, 0.2) is 36.5 Å². The fraction of sp³-hybridized carbons (Fsp3) is 0.143. The van der Waals surface area contributed by atoms with E-state index in [9.17, 15) is 4.79 Å². The molecule has 0 radical (unpaired) electrons. The molecule has 2 rings (SSSR count). The average Bonchev–Trinajstić information content (AvgIpc) is 2.38. The largest absolute Gasteiger partial charge is 0.478 e. The van der Waals surface area contributed by atoms with Gasteiger partial charge in [-0.15, -0.1) is 0 Å². The lowest BCUT2D eigenvalue weighted by atomic mass is 10.1. The van der Waals surface area contributed by atoms with Crippen LogP contribution in [0, 0.1) is 6.92 Å². The molecule has 0 aliphatic carbocycles. The molecule has 0 unspecified atom stereocenters. The van der Waals surface area contributed by atoms with Gasteiger partial charge in [0.1, 0.15) is 5.82 Å². The molecule has 0 spiro atoms. The van der Waals surface area contributed by atoms with Crippen LogP contribution in [0.5, 0.6) is 0 Å². The Kier molecular flexibility index (Phi) is 3.66. The van der Waals surface area contributed by atoms with E-state index in [1.165, 1.54) is 0 Å². The Bertz CT molecular complexity index is 594. The summed E-state index contributed by atoms with van der Waals surface area (Å²) < 4.78 is 0. The highest BCUT2D eigenvalue weighted by Crippen LogP contribution is 2.15. The van der Waals surface area contributed by atoms with Gasteiger partial charge in [-0.05, 0) is 36.2 Å². The number of nitrogens with zero attached hydrogens (tertiary/aromatic N) is 1. The average molecular weight is 257 g/mol. The maximum atomic E-state index is 10.7. The van der Waals surface area contributed by atoms with E-state index in [0.29, 0.717) is 12.2 Å². The van der Waals surface area contributed by atoms with Gasteiger partial charge in [-0.25, -0.2) is 9.78 Å². The van der Waals surface area contributed by atoms with Crippen molar-refractivity contribution < 1.29 is 9.90 Å². The number of aromatic nitrogens is 1. The lowest BCUT2D eigenvalue weighted by Gasteiger charge is -2.09. The van der Waals surface area contributed by atoms with Crippen LogP contribution in [0.1, 0.15) is 21.5 Å². The number of carboxylic acid groups (broad SMARTS) is 1. The number of hydrogen-bond donors (Lipinski definition) is 3. The molecule has 1 aromatic heterocycles. The molecule has 0 aliphatic rings. The first kappa shape index (κ1) is 12.9. The van der Waals surface area contributed by atoms with E-state index >= 15 is 0 Å². The Balaban J connectivity index is 2.04. The van der Waals surface area contributed by atoms with Crippen LogP contribution in [-0.2, 0) is 6.54 Å². The third-order valence-corrected chi connectivity index (χ3v) is 2.76. The molecule has 0 atom stereocenters. The summed E-state index contributed by atoms with van der Waals surface area (Å²) in [6.45, 7) is 2.51. The Morgan fingerprint density at radius 1 is 1.37 bits per heavy atom. The van der Waals surface area contributed by atoms with Crippen molar-refractivity contribution in [2.24, 2.45) is 0 Å². The third kappa shape index (κ3) is 3.22. The maximum absolute atomic E-state index is 10.7. The highest BCUT2D eigenvalue weighted by atomic mass is 16.4. The Morgan fingerprint density at radius 3 is 2.63 bits per heavy atom. The summed E-state index contributed by atoms with van der Waals surface area (Å²) in [7, 11) is 0. The number of carbonyl (C=O) groups is 1. The predicted molar refractivity (Wildman–Crippen MR) is 74.1 cm³/mol. The van der Waals surface area contributed by atoms with Crippen molar-refractivity contribution in [3.05, 3.63) is 53.2 Å². The SMILES string of the molecule is Cc1cc(N)cnc1NCc1ccc(C(=O)O)cc1. The second kappa shape index (κ2) is 5.39. The predicted octanol–water partition coefficient (Wildman–Crippen LogP) is 2.28. The van der Waals surface area contributed by atoms with Crippen molar-refractivity contribution >= 4 is 17.5 Å². The molecular formula is C14H15N3O2. The molecule has 0 amide bonds. The molecule has 2 aromatic rings. The number of anilines is 2. The Labute approximate surface area is 111 Å². The highest BCUT2D eigenvalue weighted by molar-refractivity contribution is 5.87. The van der Waals surface area contributed by atoms with Gasteiger partial charge in [0.2, 0.25) is 0 Å². The fourth-order valence-electron chi connectivity index (χ4n) is 1.73. The summed E-state index contributed by atoms with van der Waals surface area (Å²) in [5.74, 6) is -0.146. The number of carboxylic acids is 1. The summed E-state index contributed by atoms with van der Waals surface area (Å²) in [6, 6.07) is 8.58. The third-order valence-electron chi connectivity index (χ3n) is 2.76. The molecule has 1 heterocycles. The van der Waals surface area contributed by atoms with Crippen LogP contribution >= 0.6 is 0 Å². The molecule has 5 nitrogen and oxygen atoms in total. The van der Waals surface area contributed by atoms with Gasteiger partial charge in [-0.3, -0.25) is 0 Å². The fourth-order valence-corrected chi connectivity index (χ4v) is 1.73. The molecule has 98 valence electrons. The zero-order valence-electron chi connectivity index (χ0n) is 10.6. The van der Waals surface area contributed by atoms with Crippen molar-refractivity contribution in [2.45, 2.75) is 13.5 Å². The quantitative estimate of drug-likeness (QED) is 0.782. The Hall–Kier alpha value is -2.56. The normalized spacial score (nSPS) is 10.2. The minimum absolute atomic E-state index is 0.283. The summed E-state index contributed by atoms with van der Waals surface area (Å²) >= 11 is 0. The molecular weight excluding hydrogens is 242 g/mol. The summed E-state index contributed by atoms with van der Waals surface area (Å²) in [5.41, 5.74) is 8.51. The van der Waals surface area contributed by atoms with E-state index < -0.39 is 5.97 Å². The Morgan fingerprint density at radius 2 is 2.05 bits per heavy atom. The summed E-state index contributed by atoms with van der Waals surface area (Å²) in [6.07, 6.45) is 1.60. The van der Waals surface area contributed by atoms with Gasteiger partial charge >= 0.3 is 5.97 Å². The second-order valence-corrected chi connectivity index (χ2v) is 4.29. The molecule has 5 heteroatoms. The van der Waals surface area contributed by atoms with Gasteiger partial charge in [0.05, 0.1) is 17.4 Å². The zero-order chi connectivity index (χ0) is 13.8. The number of nitrogens with two attached hydrogens (primary N) is 1. The first-order valence-corrected chi connectivity index (χ1v) is 5.84. The van der Waals surface area contributed by atoms with Crippen molar-refractivity contribution in [1.82, 2.24) is 4.98 Å². The van der Waals surface area contributed by atoms with Crippen LogP contribution in [0.25, 0.3) is 0 Å². The van der Waals surface area contributed by atoms with Gasteiger partial charge in [0.25, 0.3) is 0 Å². The molecule has 1 aromatic carbocycles. The van der Waals surface area contributed by atoms with E-state index in [1.54, 1.807) is 30.5 Å². The van der Waals surface area contributed by atoms with Gasteiger partial charge in [-0.2, -0.15) is 0 Å². The van der Waals surface area contributed by atoms with E-state index in [1.807, 2.05) is 13.0 Å². The highest BCUT2D eigenvalue weighted by Gasteiger charge is 2.03. The summed E-state index contributed by atoms with van der Waals surface area (Å²) in [4.78, 5) is 14.9. The van der Waals surface area contributed by atoms with E-state index in [4.69, 9.17) is 10.8 Å². The zero-order valence-corrected chi connectivity index (χ0v) is 10.6.